The van der Waals surface area contributed by atoms with Crippen LogP contribution in [0.4, 0.5) is 17.1 Å². The molecule has 0 aromatic heterocycles. The van der Waals surface area contributed by atoms with Crippen molar-refractivity contribution < 1.29 is 21.6 Å². The lowest BCUT2D eigenvalue weighted by Gasteiger charge is -2.13. The molecule has 0 saturated heterocycles. The van der Waals surface area contributed by atoms with E-state index in [0.717, 1.165) is 11.1 Å². The van der Waals surface area contributed by atoms with Gasteiger partial charge in [0.1, 0.15) is 0 Å². The van der Waals surface area contributed by atoms with E-state index in [1.54, 1.807) is 31.2 Å². The van der Waals surface area contributed by atoms with Gasteiger partial charge >= 0.3 is 0 Å². The normalized spacial score (nSPS) is 11.6. The van der Waals surface area contributed by atoms with Gasteiger partial charge in [-0.15, -0.1) is 0 Å². The molecule has 8 nitrogen and oxygen atoms in total. The van der Waals surface area contributed by atoms with Crippen LogP contribution in [0.15, 0.2) is 88.7 Å². The van der Waals surface area contributed by atoms with Crippen molar-refractivity contribution in [2.45, 2.75) is 30.6 Å². The fourth-order valence-corrected chi connectivity index (χ4v) is 6.77. The molecular formula is C28H25Cl2N3O5S2. The van der Waals surface area contributed by atoms with Crippen LogP contribution in [-0.2, 0) is 20.0 Å². The molecule has 1 amide bonds. The molecule has 0 spiro atoms. The molecule has 40 heavy (non-hydrogen) atoms. The average Bonchev–Trinajstić information content (AvgIpc) is 2.86. The molecule has 4 aromatic rings. The van der Waals surface area contributed by atoms with Crippen molar-refractivity contribution in [2.24, 2.45) is 0 Å². The Morgan fingerprint density at radius 1 is 0.700 bits per heavy atom. The molecule has 4 aromatic carbocycles. The molecule has 0 aliphatic carbocycles. The number of amides is 1. The predicted octanol–water partition coefficient (Wildman–Crippen LogP) is 6.77. The van der Waals surface area contributed by atoms with Gasteiger partial charge in [-0.3, -0.25) is 14.2 Å². The number of aryl methyl sites for hydroxylation is 3. The number of halogens is 2. The summed E-state index contributed by atoms with van der Waals surface area (Å²) in [6, 6.07) is 19.8. The van der Waals surface area contributed by atoms with Crippen LogP contribution in [0.25, 0.3) is 0 Å². The minimum atomic E-state index is -3.99. The van der Waals surface area contributed by atoms with Gasteiger partial charge in [-0.05, 0) is 98.1 Å². The highest BCUT2D eigenvalue weighted by Crippen LogP contribution is 2.31. The molecular weight excluding hydrogens is 593 g/mol. The third-order valence-corrected chi connectivity index (χ3v) is 9.56. The standard InChI is InChI=1S/C28H25Cl2N3O5S2/c1-17-13-18(2)15-22(14-17)32-40(37,38)26-16-20(8-7-19(26)3)28(34)31-21-9-11-23(12-10-21)39(35,36)33-25-6-4-5-24(29)27(25)30/h4-16,32-33H,1-3H3,(H,31,34). The van der Waals surface area contributed by atoms with Crippen molar-refractivity contribution in [3.8, 4) is 0 Å². The molecule has 0 bridgehead atoms. The smallest absolute Gasteiger partial charge is 0.262 e. The SMILES string of the molecule is Cc1cc(C)cc(NS(=O)(=O)c2cc(C(=O)Nc3ccc(S(=O)(=O)Nc4cccc(Cl)c4Cl)cc3)ccc2C)c1. The number of hydrogen-bond acceptors (Lipinski definition) is 5. The maximum atomic E-state index is 13.2. The third-order valence-electron chi connectivity index (χ3n) is 5.83. The number of carbonyl (C=O) groups is 1. The maximum absolute atomic E-state index is 13.2. The van der Waals surface area contributed by atoms with E-state index in [2.05, 4.69) is 14.8 Å². The van der Waals surface area contributed by atoms with Gasteiger partial charge in [-0.25, -0.2) is 16.8 Å². The Hall–Kier alpha value is -3.57. The molecule has 0 aliphatic heterocycles. The highest BCUT2D eigenvalue weighted by atomic mass is 35.5. The fraction of sp³-hybridized carbons (Fsp3) is 0.107. The van der Waals surface area contributed by atoms with Crippen molar-refractivity contribution >= 4 is 66.2 Å². The Labute approximate surface area is 243 Å². The van der Waals surface area contributed by atoms with Crippen LogP contribution < -0.4 is 14.8 Å². The van der Waals surface area contributed by atoms with E-state index in [4.69, 9.17) is 23.2 Å². The van der Waals surface area contributed by atoms with Crippen LogP contribution in [0.3, 0.4) is 0 Å². The van der Waals surface area contributed by atoms with Gasteiger partial charge in [0.2, 0.25) is 0 Å². The largest absolute Gasteiger partial charge is 0.322 e. The van der Waals surface area contributed by atoms with E-state index in [-0.39, 0.29) is 31.1 Å². The number of hydrogen-bond donors (Lipinski definition) is 3. The molecule has 0 unspecified atom stereocenters. The minimum absolute atomic E-state index is 0.0356. The van der Waals surface area contributed by atoms with Crippen LogP contribution in [0.5, 0.6) is 0 Å². The lowest BCUT2D eigenvalue weighted by atomic mass is 10.1. The molecule has 208 valence electrons. The van der Waals surface area contributed by atoms with Crippen molar-refractivity contribution in [1.29, 1.82) is 0 Å². The molecule has 4 rings (SSSR count). The van der Waals surface area contributed by atoms with E-state index in [1.165, 1.54) is 48.5 Å². The summed E-state index contributed by atoms with van der Waals surface area (Å²) in [5.41, 5.74) is 3.26. The zero-order chi connectivity index (χ0) is 29.2. The van der Waals surface area contributed by atoms with Gasteiger partial charge in [-0.1, -0.05) is 41.4 Å². The van der Waals surface area contributed by atoms with Crippen LogP contribution >= 0.6 is 23.2 Å². The van der Waals surface area contributed by atoms with Gasteiger partial charge in [0.25, 0.3) is 26.0 Å². The summed E-state index contributed by atoms with van der Waals surface area (Å²) in [5, 5.41) is 2.93. The first-order valence-electron chi connectivity index (χ1n) is 11.9. The first-order valence-corrected chi connectivity index (χ1v) is 15.6. The first kappa shape index (κ1) is 29.4. The predicted molar refractivity (Wildman–Crippen MR) is 160 cm³/mol. The number of rotatable bonds is 8. The summed E-state index contributed by atoms with van der Waals surface area (Å²) < 4.78 is 56.9. The molecule has 0 fully saturated rings. The van der Waals surface area contributed by atoms with Crippen molar-refractivity contribution in [1.82, 2.24) is 0 Å². The van der Waals surface area contributed by atoms with Crippen LogP contribution in [0.2, 0.25) is 10.0 Å². The average molecular weight is 619 g/mol. The van der Waals surface area contributed by atoms with E-state index in [0.29, 0.717) is 16.9 Å². The molecule has 0 saturated carbocycles. The summed E-state index contributed by atoms with van der Waals surface area (Å²) >= 11 is 12.0. The topological polar surface area (TPSA) is 121 Å². The third kappa shape index (κ3) is 6.76. The molecule has 0 atom stereocenters. The van der Waals surface area contributed by atoms with E-state index >= 15 is 0 Å². The molecule has 0 heterocycles. The van der Waals surface area contributed by atoms with Gasteiger partial charge in [-0.2, -0.15) is 0 Å². The zero-order valence-corrected chi connectivity index (χ0v) is 24.8. The Morgan fingerprint density at radius 3 is 2.00 bits per heavy atom. The molecule has 3 N–H and O–H groups in total. The lowest BCUT2D eigenvalue weighted by molar-refractivity contribution is 0.102. The second kappa shape index (κ2) is 11.5. The lowest BCUT2D eigenvalue weighted by Crippen LogP contribution is -2.17. The zero-order valence-electron chi connectivity index (χ0n) is 21.6. The quantitative estimate of drug-likeness (QED) is 0.201. The Morgan fingerprint density at radius 2 is 1.35 bits per heavy atom. The fourth-order valence-electron chi connectivity index (χ4n) is 3.98. The van der Waals surface area contributed by atoms with E-state index in [9.17, 15) is 21.6 Å². The van der Waals surface area contributed by atoms with Crippen LogP contribution in [0.1, 0.15) is 27.0 Å². The number of anilines is 3. The Kier molecular flexibility index (Phi) is 8.46. The second-order valence-corrected chi connectivity index (χ2v) is 13.3. The van der Waals surface area contributed by atoms with Crippen LogP contribution in [0, 0.1) is 20.8 Å². The number of sulfonamides is 2. The summed E-state index contributed by atoms with van der Waals surface area (Å²) in [4.78, 5) is 12.9. The number of carbonyl (C=O) groups excluding carboxylic acids is 1. The van der Waals surface area contributed by atoms with Gasteiger partial charge in [0.15, 0.2) is 0 Å². The van der Waals surface area contributed by atoms with Crippen molar-refractivity contribution in [3.63, 3.8) is 0 Å². The summed E-state index contributed by atoms with van der Waals surface area (Å²) in [7, 11) is -7.97. The van der Waals surface area contributed by atoms with Crippen LogP contribution in [-0.4, -0.2) is 22.7 Å². The second-order valence-electron chi connectivity index (χ2n) is 9.15. The highest BCUT2D eigenvalue weighted by Gasteiger charge is 2.21. The number of nitrogens with one attached hydrogen (secondary N) is 3. The maximum Gasteiger partial charge on any atom is 0.262 e. The summed E-state index contributed by atoms with van der Waals surface area (Å²) in [5.74, 6) is -0.567. The Balaban J connectivity index is 1.51. The summed E-state index contributed by atoms with van der Waals surface area (Å²) in [6.07, 6.45) is 0. The van der Waals surface area contributed by atoms with E-state index in [1.807, 2.05) is 19.9 Å². The summed E-state index contributed by atoms with van der Waals surface area (Å²) in [6.45, 7) is 5.38. The number of benzene rings is 4. The molecule has 0 aliphatic rings. The first-order chi connectivity index (χ1) is 18.7. The molecule has 12 heteroatoms. The van der Waals surface area contributed by atoms with Crippen molar-refractivity contribution in [2.75, 3.05) is 14.8 Å². The van der Waals surface area contributed by atoms with Crippen molar-refractivity contribution in [3.05, 3.63) is 111 Å². The minimum Gasteiger partial charge on any atom is -0.322 e. The van der Waals surface area contributed by atoms with Gasteiger partial charge in [0.05, 0.1) is 25.5 Å². The van der Waals surface area contributed by atoms with Gasteiger partial charge < -0.3 is 5.32 Å². The highest BCUT2D eigenvalue weighted by molar-refractivity contribution is 7.93. The van der Waals surface area contributed by atoms with E-state index < -0.39 is 26.0 Å². The monoisotopic (exact) mass is 617 g/mol. The van der Waals surface area contributed by atoms with Gasteiger partial charge in [0, 0.05) is 16.9 Å². The molecule has 0 radical (unpaired) electrons. The Bertz CT molecular complexity index is 1810.